The molecule has 18 rings (SSSR count). The number of carbonyl (C=O) groups excluding carboxylic acids is 12. The number of rotatable bonds is 35. The summed E-state index contributed by atoms with van der Waals surface area (Å²) in [6.07, 6.45) is 28.4. The summed E-state index contributed by atoms with van der Waals surface area (Å²) in [4.78, 5) is 154. The van der Waals surface area contributed by atoms with Crippen molar-refractivity contribution in [2.24, 2.45) is 71.0 Å². The van der Waals surface area contributed by atoms with Gasteiger partial charge >= 0.3 is 71.6 Å². The number of fused-ring (bicyclic) bond motifs is 9. The van der Waals surface area contributed by atoms with E-state index in [0.29, 0.717) is 74.2 Å². The van der Waals surface area contributed by atoms with Crippen LogP contribution in [-0.4, -0.2) is 272 Å². The first-order valence-electron chi connectivity index (χ1n) is 43.7. The van der Waals surface area contributed by atoms with E-state index in [9.17, 15) is 57.5 Å². The van der Waals surface area contributed by atoms with Crippen LogP contribution in [0.5, 0.6) is 0 Å². The molecule has 9 saturated heterocycles. The van der Waals surface area contributed by atoms with Gasteiger partial charge in [0.05, 0.1) is 186 Å². The van der Waals surface area contributed by atoms with Crippen LogP contribution in [-0.2, 0) is 157 Å². The Morgan fingerprint density at radius 3 is 0.748 bits per heavy atom. The van der Waals surface area contributed by atoms with Gasteiger partial charge in [0.2, 0.25) is 0 Å². The van der Waals surface area contributed by atoms with E-state index in [1.807, 2.05) is 0 Å². The molecular weight excluding hydrogens is 1560 g/mol. The highest BCUT2D eigenvalue weighted by Crippen LogP contribution is 2.48. The monoisotopic (exact) mass is 1680 g/mol. The van der Waals surface area contributed by atoms with Gasteiger partial charge in [0.1, 0.15) is 0 Å². The Hall–Kier alpha value is -7.02. The highest BCUT2D eigenvalue weighted by Gasteiger charge is 2.55. The van der Waals surface area contributed by atoms with Crippen LogP contribution >= 0.6 is 0 Å². The predicted molar refractivity (Wildman–Crippen MR) is 398 cm³/mol. The van der Waals surface area contributed by atoms with Gasteiger partial charge in [-0.15, -0.1) is 6.58 Å². The Kier molecular flexibility index (Phi) is 29.6. The number of ether oxygens (including phenoxy) is 21. The summed E-state index contributed by atoms with van der Waals surface area (Å²) in [5, 5.41) is 8.77. The Labute approximate surface area is 690 Å². The molecule has 0 aromatic carbocycles. The number of hydrogen-bond acceptors (Lipinski definition) is 34. The molecule has 0 aromatic rings. The minimum atomic E-state index is -1.89. The van der Waals surface area contributed by atoms with E-state index in [2.05, 4.69) is 12.7 Å². The molecule has 0 amide bonds. The molecular formula is C85H116O34. The maximum Gasteiger partial charge on any atom is 0.344 e. The molecule has 9 saturated carbocycles. The standard InChI is InChI=1S/C44H58O20.C26H34O11.C8H12O.C7H12O2/c45-37(57-19-39(47)53-15-23-1-5-29-33(9-23)61-29)13-27(43(51)59-21-41(49)55-17-25-3-7-31-35(11-25)63-31)28(44(52)60-22-42(50)56-18-26-4-8-32-36(12-26)64-32)14-38(46)58-20-40(48)54-16-24-2-6-30-34(10-24)62-30;27-23(31-9-13-1-3-17-19(5-13)35-17)11-33-25(29)15-7-21-22(37-21)8-16(15)26(30)34-12-24(28)32-10-14-2-4-18-20(6-14)36-18;1-2-6-3-4-7-8(5-6)9-7;8-4-5-1-2-6-7(3-5)9-6/h23-36H,1-22H2;13-22H,1-12H2;2,6-8H,1,3-5H2;5-8H,1-4H2. The number of epoxide rings is 9. The van der Waals surface area contributed by atoms with Crippen molar-refractivity contribution < 1.29 is 162 Å². The van der Waals surface area contributed by atoms with E-state index in [1.54, 1.807) is 0 Å². The summed E-state index contributed by atoms with van der Waals surface area (Å²) in [5.74, 6) is -14.3. The minimum absolute atomic E-state index is 0.0589. The van der Waals surface area contributed by atoms with Crippen LogP contribution in [0.1, 0.15) is 180 Å². The van der Waals surface area contributed by atoms with Gasteiger partial charge in [0.15, 0.2) is 39.6 Å². The Morgan fingerprint density at radius 1 is 0.261 bits per heavy atom. The average molecular weight is 1680 g/mol. The topological polar surface area (TPSA) is 449 Å². The van der Waals surface area contributed by atoms with Gasteiger partial charge < -0.3 is 105 Å². The van der Waals surface area contributed by atoms with E-state index in [4.69, 9.17) is 105 Å². The Morgan fingerprint density at radius 2 is 0.487 bits per heavy atom. The van der Waals surface area contributed by atoms with Crippen LogP contribution in [0, 0.1) is 71.0 Å². The summed E-state index contributed by atoms with van der Waals surface area (Å²) >= 11 is 0. The average Bonchev–Trinajstić information content (AvgIpc) is 1.61. The van der Waals surface area contributed by atoms with Crippen molar-refractivity contribution in [2.75, 3.05) is 85.9 Å². The van der Waals surface area contributed by atoms with Crippen LogP contribution in [0.4, 0.5) is 0 Å². The van der Waals surface area contributed by atoms with E-state index in [-0.39, 0.29) is 136 Å². The van der Waals surface area contributed by atoms with Crippen LogP contribution in [0.15, 0.2) is 12.7 Å². The number of aliphatic hydroxyl groups is 1. The molecule has 0 radical (unpaired) electrons. The molecule has 1 N–H and O–H groups in total. The molecule has 34 heteroatoms. The lowest BCUT2D eigenvalue weighted by atomic mass is 9.79. The molecule has 9 aliphatic heterocycles. The molecule has 660 valence electrons. The van der Waals surface area contributed by atoms with Crippen molar-refractivity contribution in [1.29, 1.82) is 0 Å². The van der Waals surface area contributed by atoms with E-state index < -0.39 is 148 Å². The normalized spacial score (nSPS) is 37.8. The van der Waals surface area contributed by atoms with Crippen molar-refractivity contribution >= 4 is 71.6 Å². The molecule has 0 bridgehead atoms. The number of hydrogen-bond donors (Lipinski definition) is 1. The molecule has 30 atom stereocenters. The van der Waals surface area contributed by atoms with Crippen molar-refractivity contribution in [2.45, 2.75) is 290 Å². The lowest BCUT2D eigenvalue weighted by Crippen LogP contribution is -2.39. The van der Waals surface area contributed by atoms with Crippen molar-refractivity contribution in [3.05, 3.63) is 12.7 Å². The minimum Gasteiger partial charge on any atom is -0.463 e. The fourth-order valence-corrected chi connectivity index (χ4v) is 19.1. The fraction of sp³-hybridized carbons (Fsp3) is 0.835. The largest absolute Gasteiger partial charge is 0.463 e. The summed E-state index contributed by atoms with van der Waals surface area (Å²) in [5.41, 5.74) is 0. The molecule has 9 aliphatic carbocycles. The lowest BCUT2D eigenvalue weighted by molar-refractivity contribution is -0.174. The first-order valence-corrected chi connectivity index (χ1v) is 43.7. The second-order valence-electron chi connectivity index (χ2n) is 35.8. The highest BCUT2D eigenvalue weighted by atomic mass is 16.7. The second-order valence-corrected chi connectivity index (χ2v) is 35.8. The summed E-state index contributed by atoms with van der Waals surface area (Å²) in [6.45, 7) is 0.526. The third-order valence-electron chi connectivity index (χ3n) is 27.0. The second kappa shape index (κ2) is 40.5. The molecule has 18 aliphatic rings. The lowest BCUT2D eigenvalue weighted by Gasteiger charge is -2.26. The van der Waals surface area contributed by atoms with E-state index in [0.717, 1.165) is 134 Å². The smallest absolute Gasteiger partial charge is 0.344 e. The molecule has 119 heavy (non-hydrogen) atoms. The third-order valence-corrected chi connectivity index (χ3v) is 27.0. The van der Waals surface area contributed by atoms with Crippen LogP contribution in [0.25, 0.3) is 0 Å². The van der Waals surface area contributed by atoms with Gasteiger partial charge in [-0.1, -0.05) is 6.08 Å². The Bertz CT molecular complexity index is 3410. The molecule has 0 spiro atoms. The molecule has 30 unspecified atom stereocenters. The SMILES string of the molecule is C=CC1CCC2OC2C1.O=C(COC(=O)C1CC2OC2CC1C(=O)OCC(=O)OCC1CCC2OC2C1)OCC1CCC2OC2C1.O=C(COC(=O)CC(C(=O)OCC(=O)OCC1CCC2OC2C1)C(CC(=O)OCC(=O)OCC1CCC2OC2C1)C(=O)OCC(=O)OCC1CCC2OC2C1)OCC1CCC2OC2C1.OCC1CCC2OC2C1. The summed E-state index contributed by atoms with van der Waals surface area (Å²) in [6, 6.07) is 0. The van der Waals surface area contributed by atoms with Gasteiger partial charge in [0.25, 0.3) is 0 Å². The first-order chi connectivity index (χ1) is 57.6. The number of allylic oxidation sites excluding steroid dienone is 1. The van der Waals surface area contributed by atoms with Crippen LogP contribution in [0.2, 0.25) is 0 Å². The van der Waals surface area contributed by atoms with Gasteiger partial charge in [-0.3, -0.25) is 28.8 Å². The van der Waals surface area contributed by atoms with Gasteiger partial charge in [-0.05, 0) is 214 Å². The number of esters is 12. The first kappa shape index (κ1) is 86.9. The predicted octanol–water partition coefficient (Wildman–Crippen LogP) is 4.99. The zero-order chi connectivity index (χ0) is 82.8. The molecule has 18 fully saturated rings. The van der Waals surface area contributed by atoms with Gasteiger partial charge in [-0.25, -0.2) is 28.8 Å². The maximum atomic E-state index is 13.8. The maximum absolute atomic E-state index is 13.8. The van der Waals surface area contributed by atoms with E-state index in [1.165, 1.54) is 25.7 Å². The summed E-state index contributed by atoms with van der Waals surface area (Å²) in [7, 11) is 0. The Balaban J connectivity index is 0.000000165. The van der Waals surface area contributed by atoms with Crippen LogP contribution < -0.4 is 0 Å². The molecule has 9 heterocycles. The van der Waals surface area contributed by atoms with Crippen molar-refractivity contribution in [3.63, 3.8) is 0 Å². The van der Waals surface area contributed by atoms with Gasteiger partial charge in [0, 0.05) is 6.61 Å². The number of carbonyl (C=O) groups is 12. The zero-order valence-electron chi connectivity index (χ0n) is 67.5. The summed E-state index contributed by atoms with van der Waals surface area (Å²) < 4.78 is 112. The fourth-order valence-electron chi connectivity index (χ4n) is 19.1. The van der Waals surface area contributed by atoms with Gasteiger partial charge in [-0.2, -0.15) is 0 Å². The molecule has 0 aromatic heterocycles. The van der Waals surface area contributed by atoms with E-state index >= 15 is 0 Å². The van der Waals surface area contributed by atoms with Crippen molar-refractivity contribution in [1.82, 2.24) is 0 Å². The number of aliphatic hydroxyl groups excluding tert-OH is 1. The zero-order valence-corrected chi connectivity index (χ0v) is 67.5. The highest BCUT2D eigenvalue weighted by molar-refractivity contribution is 5.91. The molecule has 34 nitrogen and oxygen atoms in total. The quantitative estimate of drug-likeness (QED) is 0.0378. The third kappa shape index (κ3) is 26.5. The van der Waals surface area contributed by atoms with Crippen molar-refractivity contribution in [3.8, 4) is 0 Å². The van der Waals surface area contributed by atoms with Crippen LogP contribution in [0.3, 0.4) is 0 Å².